The van der Waals surface area contributed by atoms with E-state index >= 15 is 0 Å². The Morgan fingerprint density at radius 1 is 1.39 bits per heavy atom. The lowest BCUT2D eigenvalue weighted by Gasteiger charge is -2.20. The van der Waals surface area contributed by atoms with Crippen LogP contribution in [0.15, 0.2) is 18.2 Å². The maximum absolute atomic E-state index is 12.3. The maximum Gasteiger partial charge on any atom is 0.416 e. The van der Waals surface area contributed by atoms with Crippen molar-refractivity contribution in [3.05, 3.63) is 34.5 Å². The van der Waals surface area contributed by atoms with Crippen LogP contribution < -0.4 is 4.74 Å². The third-order valence-corrected chi connectivity index (χ3v) is 4.34. The van der Waals surface area contributed by atoms with E-state index in [4.69, 9.17) is 16.3 Å². The standard InChI is InChI=1S/C17H20ClN3O2/c1-3-9-21(4-2)17(22)23-16-15-13-7-6-12(18)10-11(13)5-8-14(15)19-20-16/h6-7,10H,3-5,8-9H2,1-2H3,(H,19,20). The number of amides is 1. The zero-order valence-electron chi connectivity index (χ0n) is 13.4. The van der Waals surface area contributed by atoms with Gasteiger partial charge in [0.25, 0.3) is 5.88 Å². The molecule has 0 saturated heterocycles. The Bertz CT molecular complexity index is 727. The van der Waals surface area contributed by atoms with Crippen LogP contribution in [0, 0.1) is 0 Å². The molecule has 0 radical (unpaired) electrons. The summed E-state index contributed by atoms with van der Waals surface area (Å²) in [5, 5.41) is 7.92. The predicted octanol–water partition coefficient (Wildman–Crippen LogP) is 4.06. The van der Waals surface area contributed by atoms with Gasteiger partial charge in [0.2, 0.25) is 0 Å². The minimum atomic E-state index is -0.357. The van der Waals surface area contributed by atoms with Gasteiger partial charge in [-0.25, -0.2) is 4.79 Å². The molecule has 0 saturated carbocycles. The molecule has 3 rings (SSSR count). The fraction of sp³-hybridized carbons (Fsp3) is 0.412. The molecular formula is C17H20ClN3O2. The summed E-state index contributed by atoms with van der Waals surface area (Å²) in [6.07, 6.45) is 2.27. The number of aryl methyl sites for hydroxylation is 2. The van der Waals surface area contributed by atoms with Crippen molar-refractivity contribution in [1.82, 2.24) is 15.1 Å². The van der Waals surface area contributed by atoms with Gasteiger partial charge in [-0.05, 0) is 49.4 Å². The molecule has 2 aromatic rings. The number of halogens is 1. The van der Waals surface area contributed by atoms with Crippen LogP contribution in [-0.2, 0) is 12.8 Å². The number of benzene rings is 1. The first-order valence-electron chi connectivity index (χ1n) is 7.96. The molecular weight excluding hydrogens is 314 g/mol. The largest absolute Gasteiger partial charge is 0.416 e. The van der Waals surface area contributed by atoms with Crippen molar-refractivity contribution in [3.63, 3.8) is 0 Å². The van der Waals surface area contributed by atoms with Crippen LogP contribution in [0.5, 0.6) is 5.88 Å². The topological polar surface area (TPSA) is 58.2 Å². The predicted molar refractivity (Wildman–Crippen MR) is 90.0 cm³/mol. The highest BCUT2D eigenvalue weighted by Crippen LogP contribution is 2.39. The molecule has 1 heterocycles. The molecule has 0 spiro atoms. The van der Waals surface area contributed by atoms with Crippen LogP contribution >= 0.6 is 11.6 Å². The number of hydrogen-bond donors (Lipinski definition) is 1. The van der Waals surface area contributed by atoms with Gasteiger partial charge in [-0.2, -0.15) is 0 Å². The van der Waals surface area contributed by atoms with Gasteiger partial charge in [-0.15, -0.1) is 5.10 Å². The molecule has 5 nitrogen and oxygen atoms in total. The lowest BCUT2D eigenvalue weighted by molar-refractivity contribution is 0.153. The van der Waals surface area contributed by atoms with Crippen LogP contribution in [0.4, 0.5) is 4.79 Å². The number of fused-ring (bicyclic) bond motifs is 3. The number of rotatable bonds is 4. The Morgan fingerprint density at radius 2 is 2.22 bits per heavy atom. The van der Waals surface area contributed by atoms with E-state index in [1.165, 1.54) is 0 Å². The Morgan fingerprint density at radius 3 is 2.96 bits per heavy atom. The van der Waals surface area contributed by atoms with E-state index in [1.54, 1.807) is 4.90 Å². The lowest BCUT2D eigenvalue weighted by Crippen LogP contribution is -2.34. The molecule has 122 valence electrons. The van der Waals surface area contributed by atoms with Crippen LogP contribution in [-0.4, -0.2) is 34.3 Å². The number of hydrogen-bond acceptors (Lipinski definition) is 3. The minimum absolute atomic E-state index is 0.350. The number of carbonyl (C=O) groups is 1. The first-order chi connectivity index (χ1) is 11.1. The summed E-state index contributed by atoms with van der Waals surface area (Å²) >= 11 is 6.08. The zero-order valence-corrected chi connectivity index (χ0v) is 14.1. The number of ether oxygens (including phenoxy) is 1. The average molecular weight is 334 g/mol. The van der Waals surface area contributed by atoms with Crippen LogP contribution in [0.2, 0.25) is 5.02 Å². The smallest absolute Gasteiger partial charge is 0.389 e. The molecule has 0 bridgehead atoms. The second-order valence-electron chi connectivity index (χ2n) is 5.63. The lowest BCUT2D eigenvalue weighted by atomic mass is 9.90. The molecule has 1 aliphatic rings. The van der Waals surface area contributed by atoms with Gasteiger partial charge in [0.05, 0.1) is 5.56 Å². The van der Waals surface area contributed by atoms with E-state index < -0.39 is 0 Å². The highest BCUT2D eigenvalue weighted by atomic mass is 35.5. The van der Waals surface area contributed by atoms with Crippen LogP contribution in [0.25, 0.3) is 11.1 Å². The van der Waals surface area contributed by atoms with Gasteiger partial charge in [0, 0.05) is 23.8 Å². The summed E-state index contributed by atoms with van der Waals surface area (Å²) in [4.78, 5) is 14.0. The van der Waals surface area contributed by atoms with Crippen molar-refractivity contribution in [2.24, 2.45) is 0 Å². The zero-order chi connectivity index (χ0) is 16.4. The second kappa shape index (κ2) is 6.62. The molecule has 1 amide bonds. The van der Waals surface area contributed by atoms with Gasteiger partial charge in [0.15, 0.2) is 0 Å². The first kappa shape index (κ1) is 15.9. The van der Waals surface area contributed by atoms with E-state index in [2.05, 4.69) is 10.2 Å². The summed E-state index contributed by atoms with van der Waals surface area (Å²) in [5.74, 6) is 0.350. The summed E-state index contributed by atoms with van der Waals surface area (Å²) in [6, 6.07) is 5.78. The molecule has 0 unspecified atom stereocenters. The van der Waals surface area contributed by atoms with Gasteiger partial charge in [0.1, 0.15) is 0 Å². The molecule has 1 N–H and O–H groups in total. The fourth-order valence-electron chi connectivity index (χ4n) is 2.96. The molecule has 1 aromatic carbocycles. The molecule has 1 aromatic heterocycles. The van der Waals surface area contributed by atoms with Gasteiger partial charge >= 0.3 is 6.09 Å². The second-order valence-corrected chi connectivity index (χ2v) is 6.07. The third kappa shape index (κ3) is 3.06. The monoisotopic (exact) mass is 333 g/mol. The van der Waals surface area contributed by atoms with Crippen molar-refractivity contribution in [2.75, 3.05) is 13.1 Å². The highest BCUT2D eigenvalue weighted by molar-refractivity contribution is 6.30. The molecule has 23 heavy (non-hydrogen) atoms. The van der Waals surface area contributed by atoms with Crippen molar-refractivity contribution in [2.45, 2.75) is 33.1 Å². The van der Waals surface area contributed by atoms with Gasteiger partial charge < -0.3 is 9.64 Å². The summed E-state index contributed by atoms with van der Waals surface area (Å²) < 4.78 is 5.56. The van der Waals surface area contributed by atoms with E-state index in [9.17, 15) is 4.79 Å². The van der Waals surface area contributed by atoms with Crippen LogP contribution in [0.3, 0.4) is 0 Å². The number of aromatic amines is 1. The molecule has 0 aliphatic heterocycles. The van der Waals surface area contributed by atoms with E-state index in [-0.39, 0.29) is 6.09 Å². The Balaban J connectivity index is 1.91. The highest BCUT2D eigenvalue weighted by Gasteiger charge is 2.26. The van der Waals surface area contributed by atoms with Gasteiger partial charge in [-0.3, -0.25) is 5.10 Å². The normalized spacial score (nSPS) is 12.5. The van der Waals surface area contributed by atoms with Crippen molar-refractivity contribution >= 4 is 17.7 Å². The first-order valence-corrected chi connectivity index (χ1v) is 8.34. The van der Waals surface area contributed by atoms with E-state index in [1.807, 2.05) is 32.0 Å². The summed E-state index contributed by atoms with van der Waals surface area (Å²) in [7, 11) is 0. The number of nitrogens with zero attached hydrogens (tertiary/aromatic N) is 2. The summed E-state index contributed by atoms with van der Waals surface area (Å²) in [6.45, 7) is 5.26. The van der Waals surface area contributed by atoms with Crippen LogP contribution in [0.1, 0.15) is 31.5 Å². The molecule has 0 fully saturated rings. The van der Waals surface area contributed by atoms with Crippen molar-refractivity contribution < 1.29 is 9.53 Å². The third-order valence-electron chi connectivity index (χ3n) is 4.11. The number of nitrogens with one attached hydrogen (secondary N) is 1. The Labute approximate surface area is 140 Å². The molecule has 1 aliphatic carbocycles. The van der Waals surface area contributed by atoms with Gasteiger partial charge in [-0.1, -0.05) is 24.6 Å². The SMILES string of the molecule is CCCN(CC)C(=O)Oc1n[nH]c2c1-c1ccc(Cl)cc1CC2. The van der Waals surface area contributed by atoms with Crippen molar-refractivity contribution in [3.8, 4) is 17.0 Å². The minimum Gasteiger partial charge on any atom is -0.389 e. The maximum atomic E-state index is 12.3. The fourth-order valence-corrected chi connectivity index (χ4v) is 3.15. The molecule has 0 atom stereocenters. The molecule has 6 heteroatoms. The quantitative estimate of drug-likeness (QED) is 0.917. The van der Waals surface area contributed by atoms with Crippen molar-refractivity contribution in [1.29, 1.82) is 0 Å². The Kier molecular flexibility index (Phi) is 4.57. The van der Waals surface area contributed by atoms with E-state index in [0.29, 0.717) is 24.0 Å². The van der Waals surface area contributed by atoms with E-state index in [0.717, 1.165) is 41.6 Å². The Hall–Kier alpha value is -2.01. The number of carbonyl (C=O) groups excluding carboxylic acids is 1. The number of H-pyrrole nitrogens is 1. The summed E-state index contributed by atoms with van der Waals surface area (Å²) in [5.41, 5.74) is 4.07. The number of aromatic nitrogens is 2. The average Bonchev–Trinajstić information content (AvgIpc) is 2.95.